The summed E-state index contributed by atoms with van der Waals surface area (Å²) in [7, 11) is 0. The lowest BCUT2D eigenvalue weighted by atomic mass is 10.5. The Balaban J connectivity index is 3.09. The van der Waals surface area contributed by atoms with Crippen molar-refractivity contribution >= 4 is 21.6 Å². The van der Waals surface area contributed by atoms with Gasteiger partial charge in [0, 0.05) is 0 Å². The van der Waals surface area contributed by atoms with Crippen LogP contribution in [-0.2, 0) is 0 Å². The van der Waals surface area contributed by atoms with Crippen molar-refractivity contribution in [2.45, 2.75) is 0 Å². The molecule has 0 aliphatic carbocycles. The van der Waals surface area contributed by atoms with Crippen LogP contribution in [0.2, 0.25) is 0 Å². The summed E-state index contributed by atoms with van der Waals surface area (Å²) in [5.41, 5.74) is 1.93. The van der Waals surface area contributed by atoms with Gasteiger partial charge in [-0.05, 0) is 0 Å². The van der Waals surface area contributed by atoms with Crippen molar-refractivity contribution in [2.75, 3.05) is 0 Å². The minimum Gasteiger partial charge on any atom is -0.266 e. The summed E-state index contributed by atoms with van der Waals surface area (Å²) in [6.07, 6.45) is 2.57. The summed E-state index contributed by atoms with van der Waals surface area (Å²) in [6, 6.07) is 0. The van der Waals surface area contributed by atoms with Gasteiger partial charge in [0.05, 0.1) is 5.51 Å². The molecule has 1 N–H and O–H groups in total. The van der Waals surface area contributed by atoms with Crippen LogP contribution in [0.25, 0.3) is 10.2 Å². The van der Waals surface area contributed by atoms with E-state index < -0.39 is 0 Å². The topological polar surface area (TPSA) is 58.6 Å². The molecule has 0 aliphatic heterocycles. The zero-order valence-corrected chi connectivity index (χ0v) is 5.60. The quantitative estimate of drug-likeness (QED) is 0.585. The molecule has 0 aliphatic rings. The SMILES string of the molecule is O=c1[nH]n[c]c2ncsc12. The van der Waals surface area contributed by atoms with Crippen molar-refractivity contribution in [3.05, 3.63) is 22.1 Å². The molecular formula is C5H2N3OS. The standard InChI is InChI=1S/C5H2N3OS/c9-5-4-3(1-7-8-5)6-2-10-4/h2H,(H,8,9). The van der Waals surface area contributed by atoms with E-state index in [1.807, 2.05) is 0 Å². The maximum atomic E-state index is 10.9. The van der Waals surface area contributed by atoms with Gasteiger partial charge in [0.1, 0.15) is 16.4 Å². The first-order chi connectivity index (χ1) is 4.88. The van der Waals surface area contributed by atoms with E-state index in [0.717, 1.165) is 0 Å². The molecular weight excluding hydrogens is 150 g/mol. The van der Waals surface area contributed by atoms with Crippen LogP contribution in [0.3, 0.4) is 0 Å². The van der Waals surface area contributed by atoms with Crippen LogP contribution in [0, 0.1) is 6.20 Å². The first-order valence-electron chi connectivity index (χ1n) is 2.57. The average Bonchev–Trinajstić information content (AvgIpc) is 2.36. The highest BCUT2D eigenvalue weighted by molar-refractivity contribution is 7.16. The predicted octanol–water partition coefficient (Wildman–Crippen LogP) is 0.180. The Morgan fingerprint density at radius 2 is 2.60 bits per heavy atom. The van der Waals surface area contributed by atoms with E-state index in [-0.39, 0.29) is 5.56 Å². The number of nitrogens with zero attached hydrogens (tertiary/aromatic N) is 2. The van der Waals surface area contributed by atoms with E-state index >= 15 is 0 Å². The van der Waals surface area contributed by atoms with E-state index in [2.05, 4.69) is 21.4 Å². The zero-order valence-electron chi connectivity index (χ0n) is 4.79. The number of thiazole rings is 1. The third-order valence-corrected chi connectivity index (χ3v) is 1.92. The van der Waals surface area contributed by atoms with Crippen LogP contribution in [0.15, 0.2) is 10.3 Å². The van der Waals surface area contributed by atoms with E-state index in [1.54, 1.807) is 5.51 Å². The van der Waals surface area contributed by atoms with Gasteiger partial charge < -0.3 is 0 Å². The summed E-state index contributed by atoms with van der Waals surface area (Å²) in [4.78, 5) is 14.7. The van der Waals surface area contributed by atoms with Gasteiger partial charge in [-0.25, -0.2) is 10.1 Å². The summed E-state index contributed by atoms with van der Waals surface area (Å²) in [5, 5.41) is 5.74. The molecule has 0 saturated carbocycles. The highest BCUT2D eigenvalue weighted by Gasteiger charge is 1.99. The molecule has 1 radical (unpaired) electrons. The summed E-state index contributed by atoms with van der Waals surface area (Å²) < 4.78 is 0.579. The Morgan fingerprint density at radius 1 is 1.70 bits per heavy atom. The lowest BCUT2D eigenvalue weighted by Crippen LogP contribution is -2.05. The van der Waals surface area contributed by atoms with E-state index in [4.69, 9.17) is 0 Å². The van der Waals surface area contributed by atoms with Gasteiger partial charge >= 0.3 is 0 Å². The molecule has 0 atom stereocenters. The number of fused-ring (bicyclic) bond motifs is 1. The molecule has 0 bridgehead atoms. The van der Waals surface area contributed by atoms with Gasteiger partial charge in [0.25, 0.3) is 5.56 Å². The highest BCUT2D eigenvalue weighted by Crippen LogP contribution is 2.08. The molecule has 0 unspecified atom stereocenters. The predicted molar refractivity (Wildman–Crippen MR) is 36.9 cm³/mol. The number of aromatic amines is 1. The first kappa shape index (κ1) is 5.55. The summed E-state index contributed by atoms with van der Waals surface area (Å²) >= 11 is 1.29. The van der Waals surface area contributed by atoms with Crippen molar-refractivity contribution in [1.82, 2.24) is 15.2 Å². The maximum Gasteiger partial charge on any atom is 0.283 e. The van der Waals surface area contributed by atoms with Gasteiger partial charge in [0.15, 0.2) is 0 Å². The van der Waals surface area contributed by atoms with Gasteiger partial charge in [-0.3, -0.25) is 4.79 Å². The number of hydrogen-bond acceptors (Lipinski definition) is 4. The zero-order chi connectivity index (χ0) is 6.97. The third kappa shape index (κ3) is 0.640. The van der Waals surface area contributed by atoms with Crippen molar-refractivity contribution in [2.24, 2.45) is 0 Å². The first-order valence-corrected chi connectivity index (χ1v) is 3.45. The molecule has 0 spiro atoms. The van der Waals surface area contributed by atoms with Crippen molar-refractivity contribution in [3.63, 3.8) is 0 Å². The molecule has 0 saturated heterocycles. The van der Waals surface area contributed by atoms with Crippen LogP contribution in [0.5, 0.6) is 0 Å². The fraction of sp³-hybridized carbons (Fsp3) is 0. The molecule has 4 nitrogen and oxygen atoms in total. The highest BCUT2D eigenvalue weighted by atomic mass is 32.1. The molecule has 2 aromatic rings. The normalized spacial score (nSPS) is 10.4. The lowest BCUT2D eigenvalue weighted by Gasteiger charge is -1.79. The monoisotopic (exact) mass is 152 g/mol. The summed E-state index contributed by atoms with van der Waals surface area (Å²) in [5.74, 6) is 0. The minimum absolute atomic E-state index is 0.198. The van der Waals surface area contributed by atoms with Crippen molar-refractivity contribution < 1.29 is 0 Å². The van der Waals surface area contributed by atoms with E-state index in [9.17, 15) is 4.79 Å². The molecule has 10 heavy (non-hydrogen) atoms. The lowest BCUT2D eigenvalue weighted by molar-refractivity contribution is 1.00. The Labute approximate surface area is 59.5 Å². The molecule has 0 amide bonds. The fourth-order valence-corrected chi connectivity index (χ4v) is 1.30. The number of nitrogens with one attached hydrogen (secondary N) is 1. The second-order valence-corrected chi connectivity index (χ2v) is 2.55. The molecule has 2 aromatic heterocycles. The number of rotatable bonds is 0. The average molecular weight is 152 g/mol. The van der Waals surface area contributed by atoms with Gasteiger partial charge in [-0.1, -0.05) is 0 Å². The number of hydrogen-bond donors (Lipinski definition) is 1. The molecule has 2 rings (SSSR count). The Hall–Kier alpha value is -1.23. The van der Waals surface area contributed by atoms with Gasteiger partial charge in [-0.2, -0.15) is 5.10 Å². The Bertz CT molecular complexity index is 404. The van der Waals surface area contributed by atoms with Crippen LogP contribution in [0.4, 0.5) is 0 Å². The van der Waals surface area contributed by atoms with Gasteiger partial charge in [-0.15, -0.1) is 11.3 Å². The van der Waals surface area contributed by atoms with E-state index in [1.165, 1.54) is 11.3 Å². The minimum atomic E-state index is -0.198. The van der Waals surface area contributed by atoms with E-state index in [0.29, 0.717) is 10.2 Å². The molecule has 0 aromatic carbocycles. The number of H-pyrrole nitrogens is 1. The van der Waals surface area contributed by atoms with Gasteiger partial charge in [0.2, 0.25) is 0 Å². The van der Waals surface area contributed by atoms with Crippen LogP contribution in [-0.4, -0.2) is 15.2 Å². The molecule has 0 fully saturated rings. The Kier molecular flexibility index (Phi) is 1.04. The number of aromatic nitrogens is 3. The smallest absolute Gasteiger partial charge is 0.266 e. The van der Waals surface area contributed by atoms with Crippen LogP contribution in [0.1, 0.15) is 0 Å². The Morgan fingerprint density at radius 3 is 3.40 bits per heavy atom. The molecule has 49 valence electrons. The largest absolute Gasteiger partial charge is 0.283 e. The van der Waals surface area contributed by atoms with Crippen molar-refractivity contribution in [3.8, 4) is 0 Å². The molecule has 5 heteroatoms. The van der Waals surface area contributed by atoms with Crippen LogP contribution >= 0.6 is 11.3 Å². The summed E-state index contributed by atoms with van der Waals surface area (Å²) in [6.45, 7) is 0. The maximum absolute atomic E-state index is 10.9. The third-order valence-electron chi connectivity index (χ3n) is 1.09. The second kappa shape index (κ2) is 1.88. The fourth-order valence-electron chi connectivity index (χ4n) is 0.669. The second-order valence-electron chi connectivity index (χ2n) is 1.69. The van der Waals surface area contributed by atoms with Crippen molar-refractivity contribution in [1.29, 1.82) is 0 Å². The molecule has 2 heterocycles. The van der Waals surface area contributed by atoms with Crippen LogP contribution < -0.4 is 5.56 Å².